The molecule has 0 saturated carbocycles. The first-order chi connectivity index (χ1) is 5.61. The third-order valence-electron chi connectivity index (χ3n) is 1.12. The Bertz CT molecular complexity index is 217. The molecule has 0 fully saturated rings. The summed E-state index contributed by atoms with van der Waals surface area (Å²) in [4.78, 5) is 21.5. The lowest BCUT2D eigenvalue weighted by molar-refractivity contribution is -0.146. The number of carbonyl (C=O) groups is 2. The number of terminal acetylenes is 1. The van der Waals surface area contributed by atoms with Crippen molar-refractivity contribution in [3.8, 4) is 12.3 Å². The summed E-state index contributed by atoms with van der Waals surface area (Å²) in [6, 6.07) is -0.687. The van der Waals surface area contributed by atoms with Crippen LogP contribution in [-0.4, -0.2) is 24.5 Å². The summed E-state index contributed by atoms with van der Waals surface area (Å²) < 4.78 is 4.63. The molecule has 0 rings (SSSR count). The van der Waals surface area contributed by atoms with Gasteiger partial charge in [-0.25, -0.2) is 4.79 Å². The third kappa shape index (κ3) is 3.62. The SMILES string of the molecule is C#CC(=O)NC(C)C(=O)OCC. The van der Waals surface area contributed by atoms with Gasteiger partial charge in [0, 0.05) is 0 Å². The first kappa shape index (κ1) is 10.5. The Hall–Kier alpha value is -1.50. The highest BCUT2D eigenvalue weighted by molar-refractivity contribution is 5.95. The Labute approximate surface area is 71.3 Å². The molecule has 0 saturated heterocycles. The summed E-state index contributed by atoms with van der Waals surface area (Å²) in [5.41, 5.74) is 0. The fraction of sp³-hybridized carbons (Fsp3) is 0.500. The van der Waals surface area contributed by atoms with Gasteiger partial charge < -0.3 is 10.1 Å². The Morgan fingerprint density at radius 3 is 2.67 bits per heavy atom. The molecule has 4 heteroatoms. The van der Waals surface area contributed by atoms with E-state index in [4.69, 9.17) is 6.42 Å². The number of amides is 1. The Balaban J connectivity index is 3.88. The van der Waals surface area contributed by atoms with E-state index in [9.17, 15) is 9.59 Å². The molecule has 4 nitrogen and oxygen atoms in total. The average molecular weight is 169 g/mol. The maximum absolute atomic E-state index is 10.9. The van der Waals surface area contributed by atoms with Crippen molar-refractivity contribution < 1.29 is 14.3 Å². The molecule has 0 aliphatic carbocycles. The average Bonchev–Trinajstić information content (AvgIpc) is 2.04. The van der Waals surface area contributed by atoms with Gasteiger partial charge in [-0.15, -0.1) is 6.42 Å². The van der Waals surface area contributed by atoms with Crippen LogP contribution in [-0.2, 0) is 14.3 Å². The van der Waals surface area contributed by atoms with E-state index in [0.29, 0.717) is 0 Å². The molecule has 1 N–H and O–H groups in total. The van der Waals surface area contributed by atoms with E-state index in [1.165, 1.54) is 6.92 Å². The van der Waals surface area contributed by atoms with Gasteiger partial charge >= 0.3 is 5.97 Å². The molecule has 0 aliphatic heterocycles. The molecule has 0 bridgehead atoms. The van der Waals surface area contributed by atoms with Crippen molar-refractivity contribution in [3.63, 3.8) is 0 Å². The predicted molar refractivity (Wildman–Crippen MR) is 43.1 cm³/mol. The lowest BCUT2D eigenvalue weighted by atomic mass is 10.3. The van der Waals surface area contributed by atoms with Crippen molar-refractivity contribution in [2.45, 2.75) is 19.9 Å². The lowest BCUT2D eigenvalue weighted by Crippen LogP contribution is -2.38. The van der Waals surface area contributed by atoms with Crippen LogP contribution in [0.3, 0.4) is 0 Å². The first-order valence-electron chi connectivity index (χ1n) is 3.55. The monoisotopic (exact) mass is 169 g/mol. The number of hydrogen-bond acceptors (Lipinski definition) is 3. The minimum absolute atomic E-state index is 0.287. The van der Waals surface area contributed by atoms with E-state index in [-0.39, 0.29) is 6.61 Å². The number of esters is 1. The molecular weight excluding hydrogens is 158 g/mol. The molecule has 1 unspecified atom stereocenters. The van der Waals surface area contributed by atoms with Crippen LogP contribution < -0.4 is 5.32 Å². The molecule has 66 valence electrons. The fourth-order valence-corrected chi connectivity index (χ4v) is 0.564. The van der Waals surface area contributed by atoms with Gasteiger partial charge in [-0.1, -0.05) is 0 Å². The Morgan fingerprint density at radius 2 is 2.25 bits per heavy atom. The van der Waals surface area contributed by atoms with Gasteiger partial charge in [-0.3, -0.25) is 4.79 Å². The van der Waals surface area contributed by atoms with Gasteiger partial charge in [0.05, 0.1) is 6.61 Å². The second-order valence-corrected chi connectivity index (χ2v) is 2.09. The summed E-state index contributed by atoms with van der Waals surface area (Å²) in [5, 5.41) is 2.26. The van der Waals surface area contributed by atoms with Crippen LogP contribution in [0.4, 0.5) is 0 Å². The first-order valence-corrected chi connectivity index (χ1v) is 3.55. The molecule has 0 aromatic carbocycles. The fourth-order valence-electron chi connectivity index (χ4n) is 0.564. The van der Waals surface area contributed by atoms with Crippen molar-refractivity contribution in [1.82, 2.24) is 5.32 Å². The summed E-state index contributed by atoms with van der Waals surface area (Å²) in [5.74, 6) is 0.735. The van der Waals surface area contributed by atoms with E-state index in [2.05, 4.69) is 10.1 Å². The van der Waals surface area contributed by atoms with E-state index >= 15 is 0 Å². The number of rotatable bonds is 3. The lowest BCUT2D eigenvalue weighted by Gasteiger charge is -2.09. The molecule has 0 aliphatic rings. The zero-order valence-corrected chi connectivity index (χ0v) is 7.09. The number of nitrogens with one attached hydrogen (secondary N) is 1. The van der Waals surface area contributed by atoms with Crippen LogP contribution in [0, 0.1) is 12.3 Å². The minimum atomic E-state index is -0.687. The molecular formula is C8H11NO3. The number of hydrogen-bond donors (Lipinski definition) is 1. The standard InChI is InChI=1S/C8H11NO3/c1-4-7(10)9-6(3)8(11)12-5-2/h1,6H,5H2,2-3H3,(H,9,10). The van der Waals surface area contributed by atoms with Crippen molar-refractivity contribution in [2.24, 2.45) is 0 Å². The van der Waals surface area contributed by atoms with Crippen molar-refractivity contribution in [2.75, 3.05) is 6.61 Å². The van der Waals surface area contributed by atoms with E-state index in [1.54, 1.807) is 6.92 Å². The summed E-state index contributed by atoms with van der Waals surface area (Å²) in [6.45, 7) is 3.48. The maximum atomic E-state index is 10.9. The van der Waals surface area contributed by atoms with Crippen LogP contribution in [0.2, 0.25) is 0 Å². The van der Waals surface area contributed by atoms with Crippen LogP contribution >= 0.6 is 0 Å². The van der Waals surface area contributed by atoms with Gasteiger partial charge in [0.15, 0.2) is 0 Å². The second-order valence-electron chi connectivity index (χ2n) is 2.09. The zero-order valence-electron chi connectivity index (χ0n) is 7.09. The van der Waals surface area contributed by atoms with Gasteiger partial charge in [0.25, 0.3) is 5.91 Å². The van der Waals surface area contributed by atoms with Crippen molar-refractivity contribution in [1.29, 1.82) is 0 Å². The normalized spacial score (nSPS) is 11.1. The van der Waals surface area contributed by atoms with Crippen molar-refractivity contribution in [3.05, 3.63) is 0 Å². The van der Waals surface area contributed by atoms with Crippen LogP contribution in [0.15, 0.2) is 0 Å². The van der Waals surface area contributed by atoms with Crippen LogP contribution in [0.5, 0.6) is 0 Å². The highest BCUT2D eigenvalue weighted by Gasteiger charge is 2.14. The van der Waals surface area contributed by atoms with Gasteiger partial charge in [-0.05, 0) is 19.8 Å². The summed E-state index contributed by atoms with van der Waals surface area (Å²) >= 11 is 0. The Kier molecular flexibility index (Phi) is 4.54. The van der Waals surface area contributed by atoms with Crippen LogP contribution in [0.1, 0.15) is 13.8 Å². The quantitative estimate of drug-likeness (QED) is 0.465. The Morgan fingerprint density at radius 1 is 1.67 bits per heavy atom. The van der Waals surface area contributed by atoms with Crippen molar-refractivity contribution >= 4 is 11.9 Å². The molecule has 1 amide bonds. The molecule has 12 heavy (non-hydrogen) atoms. The zero-order chi connectivity index (χ0) is 9.56. The minimum Gasteiger partial charge on any atom is -0.464 e. The van der Waals surface area contributed by atoms with E-state index in [1.807, 2.05) is 5.92 Å². The van der Waals surface area contributed by atoms with E-state index < -0.39 is 17.9 Å². The van der Waals surface area contributed by atoms with Gasteiger partial charge in [0.2, 0.25) is 0 Å². The molecule has 0 heterocycles. The largest absolute Gasteiger partial charge is 0.464 e. The molecule has 0 aromatic heterocycles. The molecule has 0 spiro atoms. The van der Waals surface area contributed by atoms with Gasteiger partial charge in [-0.2, -0.15) is 0 Å². The number of carbonyl (C=O) groups excluding carboxylic acids is 2. The topological polar surface area (TPSA) is 55.4 Å². The molecule has 0 aromatic rings. The summed E-state index contributed by atoms with van der Waals surface area (Å²) in [6.07, 6.45) is 4.78. The van der Waals surface area contributed by atoms with E-state index in [0.717, 1.165) is 0 Å². The second kappa shape index (κ2) is 5.19. The number of ether oxygens (including phenoxy) is 1. The summed E-state index contributed by atoms with van der Waals surface area (Å²) in [7, 11) is 0. The predicted octanol–water partition coefficient (Wildman–Crippen LogP) is -0.313. The smallest absolute Gasteiger partial charge is 0.328 e. The van der Waals surface area contributed by atoms with Crippen LogP contribution in [0.25, 0.3) is 0 Å². The highest BCUT2D eigenvalue weighted by atomic mass is 16.5. The highest BCUT2D eigenvalue weighted by Crippen LogP contribution is 1.86. The maximum Gasteiger partial charge on any atom is 0.328 e. The third-order valence-corrected chi connectivity index (χ3v) is 1.12. The molecule has 1 atom stereocenters. The van der Waals surface area contributed by atoms with Gasteiger partial charge in [0.1, 0.15) is 6.04 Å². The molecule has 0 radical (unpaired) electrons.